The number of piperidine rings is 1. The Morgan fingerprint density at radius 1 is 1.32 bits per heavy atom. The fourth-order valence-electron chi connectivity index (χ4n) is 3.63. The molecule has 0 spiro atoms. The van der Waals surface area contributed by atoms with Crippen LogP contribution in [0.3, 0.4) is 0 Å². The number of imidazole rings is 1. The summed E-state index contributed by atoms with van der Waals surface area (Å²) >= 11 is 0. The van der Waals surface area contributed by atoms with E-state index in [0.29, 0.717) is 11.6 Å². The van der Waals surface area contributed by atoms with E-state index in [1.54, 1.807) is 0 Å². The number of carbonyl (C=O) groups is 1. The molecule has 3 aromatic heterocycles. The maximum atomic E-state index is 13.0. The van der Waals surface area contributed by atoms with E-state index in [2.05, 4.69) is 26.7 Å². The van der Waals surface area contributed by atoms with Crippen LogP contribution in [0, 0.1) is 6.92 Å². The molecule has 0 radical (unpaired) electrons. The quantitative estimate of drug-likeness (QED) is 0.735. The second-order valence-electron chi connectivity index (χ2n) is 6.54. The topological polar surface area (TPSA) is 68.3 Å². The minimum Gasteiger partial charge on any atom is -0.337 e. The van der Waals surface area contributed by atoms with E-state index in [1.165, 1.54) is 0 Å². The van der Waals surface area contributed by atoms with Crippen molar-refractivity contribution < 1.29 is 4.79 Å². The first kappa shape index (κ1) is 15.8. The maximum Gasteiger partial charge on any atom is 0.255 e. The van der Waals surface area contributed by atoms with Crippen molar-refractivity contribution in [3.63, 3.8) is 0 Å². The number of carbonyl (C=O) groups excluding carboxylic acids is 1. The van der Waals surface area contributed by atoms with Crippen LogP contribution in [0.15, 0.2) is 30.7 Å². The Morgan fingerprint density at radius 3 is 3.04 bits per heavy atom. The van der Waals surface area contributed by atoms with Crippen molar-refractivity contribution in [1.29, 1.82) is 0 Å². The van der Waals surface area contributed by atoms with E-state index in [4.69, 9.17) is 0 Å². The lowest BCUT2D eigenvalue weighted by Gasteiger charge is -2.34. The standard InChI is InChI=1S/C18H22N6O/c1-3-16-19-8-10-23(16)15-5-4-9-22(12-15)18(25)14-6-7-17-21-20-13(2)24(17)11-14/h6-8,10-11,15H,3-5,9,12H2,1-2H3/t15-/m0/s1. The Balaban J connectivity index is 1.57. The van der Waals surface area contributed by atoms with Gasteiger partial charge in [-0.2, -0.15) is 0 Å². The summed E-state index contributed by atoms with van der Waals surface area (Å²) in [5, 5.41) is 8.13. The number of aryl methyl sites for hydroxylation is 2. The smallest absolute Gasteiger partial charge is 0.255 e. The van der Waals surface area contributed by atoms with E-state index in [0.717, 1.165) is 49.6 Å². The second kappa shape index (κ2) is 6.31. The minimum atomic E-state index is 0.0675. The summed E-state index contributed by atoms with van der Waals surface area (Å²) < 4.78 is 4.09. The normalized spacial score (nSPS) is 18.0. The third-order valence-electron chi connectivity index (χ3n) is 4.96. The number of nitrogens with zero attached hydrogens (tertiary/aromatic N) is 6. The number of pyridine rings is 1. The fourth-order valence-corrected chi connectivity index (χ4v) is 3.63. The highest BCUT2D eigenvalue weighted by Crippen LogP contribution is 2.24. The second-order valence-corrected chi connectivity index (χ2v) is 6.54. The summed E-state index contributed by atoms with van der Waals surface area (Å²) in [5.74, 6) is 1.94. The van der Waals surface area contributed by atoms with Crippen LogP contribution in [0.1, 0.15) is 47.8 Å². The highest BCUT2D eigenvalue weighted by atomic mass is 16.2. The lowest BCUT2D eigenvalue weighted by atomic mass is 10.0. The molecule has 4 rings (SSSR count). The van der Waals surface area contributed by atoms with E-state index in [1.807, 2.05) is 46.9 Å². The molecule has 130 valence electrons. The molecular weight excluding hydrogens is 316 g/mol. The Morgan fingerprint density at radius 2 is 2.20 bits per heavy atom. The SMILES string of the molecule is CCc1nccn1[C@H]1CCCN(C(=O)c2ccc3nnc(C)n3c2)C1. The summed E-state index contributed by atoms with van der Waals surface area (Å²) in [6.45, 7) is 5.52. The van der Waals surface area contributed by atoms with Crippen molar-refractivity contribution in [2.75, 3.05) is 13.1 Å². The van der Waals surface area contributed by atoms with Crippen LogP contribution in [0.4, 0.5) is 0 Å². The van der Waals surface area contributed by atoms with Crippen LogP contribution in [0.2, 0.25) is 0 Å². The van der Waals surface area contributed by atoms with Crippen LogP contribution in [0.25, 0.3) is 5.65 Å². The van der Waals surface area contributed by atoms with Crippen LogP contribution in [-0.2, 0) is 6.42 Å². The van der Waals surface area contributed by atoms with Gasteiger partial charge < -0.3 is 9.47 Å². The van der Waals surface area contributed by atoms with Gasteiger partial charge in [-0.1, -0.05) is 6.92 Å². The van der Waals surface area contributed by atoms with Crippen LogP contribution in [-0.4, -0.2) is 48.0 Å². The number of fused-ring (bicyclic) bond motifs is 1. The Hall–Kier alpha value is -2.70. The van der Waals surface area contributed by atoms with Gasteiger partial charge in [0.1, 0.15) is 11.6 Å². The number of aromatic nitrogens is 5. The van der Waals surface area contributed by atoms with Gasteiger partial charge in [0.2, 0.25) is 0 Å². The van der Waals surface area contributed by atoms with Gasteiger partial charge in [-0.15, -0.1) is 10.2 Å². The number of amides is 1. The molecule has 0 saturated carbocycles. The summed E-state index contributed by atoms with van der Waals surface area (Å²) in [6, 6.07) is 3.99. The van der Waals surface area contributed by atoms with Crippen molar-refractivity contribution in [2.24, 2.45) is 0 Å². The largest absolute Gasteiger partial charge is 0.337 e. The molecule has 0 aliphatic carbocycles. The van der Waals surface area contributed by atoms with E-state index in [9.17, 15) is 4.79 Å². The predicted octanol–water partition coefficient (Wildman–Crippen LogP) is 2.27. The summed E-state index contributed by atoms with van der Waals surface area (Å²) in [7, 11) is 0. The molecule has 7 nitrogen and oxygen atoms in total. The van der Waals surface area contributed by atoms with E-state index >= 15 is 0 Å². The van der Waals surface area contributed by atoms with Gasteiger partial charge in [0.25, 0.3) is 5.91 Å². The van der Waals surface area contributed by atoms with Gasteiger partial charge in [0.05, 0.1) is 11.6 Å². The first-order valence-electron chi connectivity index (χ1n) is 8.79. The van der Waals surface area contributed by atoms with Gasteiger partial charge in [-0.3, -0.25) is 9.20 Å². The molecule has 1 fully saturated rings. The molecule has 1 saturated heterocycles. The average Bonchev–Trinajstić information content (AvgIpc) is 3.28. The molecule has 4 heterocycles. The summed E-state index contributed by atoms with van der Waals surface area (Å²) in [5.41, 5.74) is 1.44. The lowest BCUT2D eigenvalue weighted by molar-refractivity contribution is 0.0677. The Bertz CT molecular complexity index is 911. The lowest BCUT2D eigenvalue weighted by Crippen LogP contribution is -2.41. The van der Waals surface area contributed by atoms with Crippen molar-refractivity contribution in [3.8, 4) is 0 Å². The number of hydrogen-bond acceptors (Lipinski definition) is 4. The number of rotatable bonds is 3. The van der Waals surface area contributed by atoms with E-state index < -0.39 is 0 Å². The molecule has 1 aliphatic rings. The van der Waals surface area contributed by atoms with Crippen LogP contribution in [0.5, 0.6) is 0 Å². The molecule has 1 atom stereocenters. The van der Waals surface area contributed by atoms with E-state index in [-0.39, 0.29) is 5.91 Å². The number of likely N-dealkylation sites (tertiary alicyclic amines) is 1. The van der Waals surface area contributed by atoms with Gasteiger partial charge in [-0.05, 0) is 31.9 Å². The first-order valence-corrected chi connectivity index (χ1v) is 8.79. The predicted molar refractivity (Wildman–Crippen MR) is 93.5 cm³/mol. The van der Waals surface area contributed by atoms with Crippen LogP contribution >= 0.6 is 0 Å². The molecular formula is C18H22N6O. The molecule has 1 amide bonds. The van der Waals surface area contributed by atoms with Crippen molar-refractivity contribution in [1.82, 2.24) is 29.0 Å². The molecule has 0 bridgehead atoms. The first-order chi connectivity index (χ1) is 12.2. The van der Waals surface area contributed by atoms with Gasteiger partial charge in [-0.25, -0.2) is 4.98 Å². The zero-order chi connectivity index (χ0) is 17.4. The van der Waals surface area contributed by atoms with Gasteiger partial charge in [0.15, 0.2) is 5.65 Å². The van der Waals surface area contributed by atoms with Crippen molar-refractivity contribution in [2.45, 2.75) is 39.2 Å². The van der Waals surface area contributed by atoms with Crippen molar-refractivity contribution in [3.05, 3.63) is 47.9 Å². The Labute approximate surface area is 146 Å². The Kier molecular flexibility index (Phi) is 3.99. The van der Waals surface area contributed by atoms with Crippen molar-refractivity contribution >= 4 is 11.6 Å². The highest BCUT2D eigenvalue weighted by molar-refractivity contribution is 5.94. The molecule has 3 aromatic rings. The van der Waals surface area contributed by atoms with Gasteiger partial charge in [0, 0.05) is 38.1 Å². The molecule has 0 N–H and O–H groups in total. The maximum absolute atomic E-state index is 13.0. The van der Waals surface area contributed by atoms with Crippen LogP contribution < -0.4 is 0 Å². The van der Waals surface area contributed by atoms with Gasteiger partial charge >= 0.3 is 0 Å². The highest BCUT2D eigenvalue weighted by Gasteiger charge is 2.26. The molecule has 1 aliphatic heterocycles. The fraction of sp³-hybridized carbons (Fsp3) is 0.444. The molecule has 25 heavy (non-hydrogen) atoms. The summed E-state index contributed by atoms with van der Waals surface area (Å²) in [4.78, 5) is 19.4. The third-order valence-corrected chi connectivity index (χ3v) is 4.96. The monoisotopic (exact) mass is 338 g/mol. The minimum absolute atomic E-state index is 0.0675. The molecule has 0 aromatic carbocycles. The zero-order valence-corrected chi connectivity index (χ0v) is 14.6. The number of hydrogen-bond donors (Lipinski definition) is 0. The zero-order valence-electron chi connectivity index (χ0n) is 14.6. The summed E-state index contributed by atoms with van der Waals surface area (Å²) in [6.07, 6.45) is 8.71. The average molecular weight is 338 g/mol. The third kappa shape index (κ3) is 2.79. The molecule has 7 heteroatoms. The molecule has 0 unspecified atom stereocenters.